The first-order valence-electron chi connectivity index (χ1n) is 6.34. The monoisotopic (exact) mass is 230 g/mol. The predicted molar refractivity (Wildman–Crippen MR) is 76.7 cm³/mol. The summed E-state index contributed by atoms with van der Waals surface area (Å²) in [5.41, 5.74) is 8.74. The Kier molecular flexibility index (Phi) is 1.66. The van der Waals surface area contributed by atoms with Gasteiger partial charge in [0, 0.05) is 0 Å². The molecule has 2 aliphatic rings. The van der Waals surface area contributed by atoms with E-state index in [-0.39, 0.29) is 5.41 Å². The SMILES string of the molecule is C=Cc1cccc2c1CC21c2cccc(C=C)c21. The van der Waals surface area contributed by atoms with Crippen LogP contribution in [0.4, 0.5) is 0 Å². The molecule has 0 saturated heterocycles. The molecule has 0 nitrogen and oxygen atoms in total. The molecule has 0 heterocycles. The average Bonchev–Trinajstić information content (AvgIpc) is 3.09. The molecule has 4 rings (SSSR count). The van der Waals surface area contributed by atoms with Crippen LogP contribution >= 0.6 is 0 Å². The van der Waals surface area contributed by atoms with E-state index in [2.05, 4.69) is 49.6 Å². The summed E-state index contributed by atoms with van der Waals surface area (Å²) in [6.07, 6.45) is 5.07. The Hall–Kier alpha value is -2.08. The maximum atomic E-state index is 3.92. The lowest BCUT2D eigenvalue weighted by Gasteiger charge is -2.33. The van der Waals surface area contributed by atoms with Crippen molar-refractivity contribution >= 4 is 12.2 Å². The summed E-state index contributed by atoms with van der Waals surface area (Å²) in [6, 6.07) is 13.1. The highest BCUT2D eigenvalue weighted by atomic mass is 14.6. The summed E-state index contributed by atoms with van der Waals surface area (Å²) in [4.78, 5) is 0. The lowest BCUT2D eigenvalue weighted by molar-refractivity contribution is 0.645. The van der Waals surface area contributed by atoms with Crippen molar-refractivity contribution < 1.29 is 0 Å². The lowest BCUT2D eigenvalue weighted by atomic mass is 9.69. The molecule has 0 aromatic heterocycles. The van der Waals surface area contributed by atoms with E-state index in [0.29, 0.717) is 0 Å². The van der Waals surface area contributed by atoms with Crippen LogP contribution in [0.3, 0.4) is 0 Å². The average molecular weight is 230 g/mol. The van der Waals surface area contributed by atoms with Gasteiger partial charge in [-0.25, -0.2) is 0 Å². The van der Waals surface area contributed by atoms with Gasteiger partial charge in [0.1, 0.15) is 0 Å². The van der Waals surface area contributed by atoms with E-state index in [4.69, 9.17) is 0 Å². The van der Waals surface area contributed by atoms with Gasteiger partial charge in [-0.1, -0.05) is 61.7 Å². The third-order valence-electron chi connectivity index (χ3n) is 4.47. The van der Waals surface area contributed by atoms with Gasteiger partial charge in [0.2, 0.25) is 0 Å². The molecule has 0 N–H and O–H groups in total. The summed E-state index contributed by atoms with van der Waals surface area (Å²) >= 11 is 0. The van der Waals surface area contributed by atoms with Crippen molar-refractivity contribution in [3.8, 4) is 0 Å². The molecule has 0 amide bonds. The minimum atomic E-state index is 0.224. The van der Waals surface area contributed by atoms with E-state index in [1.165, 1.54) is 33.4 Å². The zero-order valence-corrected chi connectivity index (χ0v) is 10.2. The van der Waals surface area contributed by atoms with Crippen molar-refractivity contribution in [2.24, 2.45) is 0 Å². The van der Waals surface area contributed by atoms with Crippen molar-refractivity contribution in [1.82, 2.24) is 0 Å². The van der Waals surface area contributed by atoms with Crippen LogP contribution in [0, 0.1) is 0 Å². The fraction of sp³-hybridized carbons (Fsp3) is 0.111. The maximum absolute atomic E-state index is 3.92. The molecule has 0 fully saturated rings. The summed E-state index contributed by atoms with van der Waals surface area (Å²) in [6.45, 7) is 7.82. The first kappa shape index (κ1) is 9.90. The molecule has 0 radical (unpaired) electrons. The van der Waals surface area contributed by atoms with Gasteiger partial charge in [0.15, 0.2) is 0 Å². The van der Waals surface area contributed by atoms with Crippen LogP contribution < -0.4 is 0 Å². The Morgan fingerprint density at radius 2 is 1.56 bits per heavy atom. The third-order valence-corrected chi connectivity index (χ3v) is 4.47. The first-order valence-corrected chi connectivity index (χ1v) is 6.34. The van der Waals surface area contributed by atoms with Crippen molar-refractivity contribution in [3.63, 3.8) is 0 Å². The van der Waals surface area contributed by atoms with Gasteiger partial charge in [-0.15, -0.1) is 0 Å². The van der Waals surface area contributed by atoms with Gasteiger partial charge in [0.05, 0.1) is 5.41 Å². The van der Waals surface area contributed by atoms with Crippen LogP contribution in [0.1, 0.15) is 33.4 Å². The second-order valence-electron chi connectivity index (χ2n) is 5.13. The number of hydrogen-bond donors (Lipinski definition) is 0. The molecule has 1 unspecified atom stereocenters. The van der Waals surface area contributed by atoms with Crippen LogP contribution in [-0.4, -0.2) is 0 Å². The molecule has 0 bridgehead atoms. The Morgan fingerprint density at radius 3 is 2.28 bits per heavy atom. The predicted octanol–water partition coefficient (Wildman–Crippen LogP) is 4.18. The van der Waals surface area contributed by atoms with Crippen LogP contribution in [-0.2, 0) is 11.8 Å². The Balaban J connectivity index is 1.92. The molecule has 1 spiro atoms. The topological polar surface area (TPSA) is 0 Å². The summed E-state index contributed by atoms with van der Waals surface area (Å²) < 4.78 is 0. The largest absolute Gasteiger partial charge is 0.0985 e. The molecule has 18 heavy (non-hydrogen) atoms. The van der Waals surface area contributed by atoms with E-state index < -0.39 is 0 Å². The number of hydrogen-bond acceptors (Lipinski definition) is 0. The molecular formula is C18H14. The molecule has 1 atom stereocenters. The zero-order chi connectivity index (χ0) is 12.3. The second kappa shape index (κ2) is 3.02. The third kappa shape index (κ3) is 0.896. The highest BCUT2D eigenvalue weighted by molar-refractivity contribution is 5.82. The molecule has 0 saturated carbocycles. The molecule has 2 aromatic rings. The van der Waals surface area contributed by atoms with Gasteiger partial charge in [-0.05, 0) is 39.8 Å². The molecule has 2 aliphatic carbocycles. The van der Waals surface area contributed by atoms with E-state index in [0.717, 1.165) is 6.42 Å². The fourth-order valence-corrected chi connectivity index (χ4v) is 3.58. The Morgan fingerprint density at radius 1 is 0.889 bits per heavy atom. The van der Waals surface area contributed by atoms with Crippen molar-refractivity contribution in [3.05, 3.63) is 82.9 Å². The van der Waals surface area contributed by atoms with Crippen molar-refractivity contribution in [2.75, 3.05) is 0 Å². The zero-order valence-electron chi connectivity index (χ0n) is 10.2. The van der Waals surface area contributed by atoms with Crippen LogP contribution in [0.5, 0.6) is 0 Å². The quantitative estimate of drug-likeness (QED) is 0.726. The van der Waals surface area contributed by atoms with E-state index in [1.54, 1.807) is 0 Å². The minimum absolute atomic E-state index is 0.224. The molecule has 2 aromatic carbocycles. The molecular weight excluding hydrogens is 216 g/mol. The second-order valence-corrected chi connectivity index (χ2v) is 5.13. The van der Waals surface area contributed by atoms with Crippen LogP contribution in [0.25, 0.3) is 12.2 Å². The first-order chi connectivity index (χ1) is 8.82. The molecule has 86 valence electrons. The lowest BCUT2D eigenvalue weighted by Crippen LogP contribution is -2.28. The standard InChI is InChI=1S/C18H14/c1-3-12-7-5-9-15-14(12)11-18(15)16-10-6-8-13(4-2)17(16)18/h3-10H,1-2,11H2. The summed E-state index contributed by atoms with van der Waals surface area (Å²) in [5.74, 6) is 0. The fourth-order valence-electron chi connectivity index (χ4n) is 3.58. The number of fused-ring (bicyclic) bond motifs is 5. The molecule has 0 aliphatic heterocycles. The minimum Gasteiger partial charge on any atom is -0.0985 e. The summed E-state index contributed by atoms with van der Waals surface area (Å²) in [7, 11) is 0. The van der Waals surface area contributed by atoms with Crippen molar-refractivity contribution in [2.45, 2.75) is 11.8 Å². The highest BCUT2D eigenvalue weighted by Crippen LogP contribution is 2.65. The van der Waals surface area contributed by atoms with Gasteiger partial charge >= 0.3 is 0 Å². The van der Waals surface area contributed by atoms with Gasteiger partial charge in [0.25, 0.3) is 0 Å². The van der Waals surface area contributed by atoms with Gasteiger partial charge < -0.3 is 0 Å². The number of rotatable bonds is 2. The van der Waals surface area contributed by atoms with E-state index >= 15 is 0 Å². The van der Waals surface area contributed by atoms with E-state index in [1.807, 2.05) is 12.2 Å². The highest BCUT2D eigenvalue weighted by Gasteiger charge is 2.59. The summed E-state index contributed by atoms with van der Waals surface area (Å²) in [5, 5.41) is 0. The van der Waals surface area contributed by atoms with Gasteiger partial charge in [-0.2, -0.15) is 0 Å². The number of benzene rings is 2. The Labute approximate surface area is 107 Å². The van der Waals surface area contributed by atoms with Crippen LogP contribution in [0.15, 0.2) is 49.6 Å². The van der Waals surface area contributed by atoms with Crippen molar-refractivity contribution in [1.29, 1.82) is 0 Å². The normalized spacial score (nSPS) is 21.8. The Bertz CT molecular complexity index is 706. The van der Waals surface area contributed by atoms with Gasteiger partial charge in [-0.3, -0.25) is 0 Å². The smallest absolute Gasteiger partial charge is 0.0507 e. The maximum Gasteiger partial charge on any atom is 0.0507 e. The van der Waals surface area contributed by atoms with Crippen LogP contribution in [0.2, 0.25) is 0 Å². The molecule has 0 heteroatoms. The van der Waals surface area contributed by atoms with E-state index in [9.17, 15) is 0 Å².